The number of nitrogens with two attached hydrogens (primary N) is 1. The highest BCUT2D eigenvalue weighted by molar-refractivity contribution is 7.15. The van der Waals surface area contributed by atoms with Gasteiger partial charge in [0.25, 0.3) is 0 Å². The third-order valence-electron chi connectivity index (χ3n) is 4.43. The van der Waals surface area contributed by atoms with Crippen molar-refractivity contribution in [3.63, 3.8) is 0 Å². The minimum atomic E-state index is 0.529. The average molecular weight is 351 g/mol. The molecule has 0 aliphatic heterocycles. The van der Waals surface area contributed by atoms with Crippen LogP contribution in [-0.4, -0.2) is 11.0 Å². The summed E-state index contributed by atoms with van der Waals surface area (Å²) in [5, 5.41) is 5.38. The summed E-state index contributed by atoms with van der Waals surface area (Å²) in [4.78, 5) is 4.28. The number of hydrogen-bond acceptors (Lipinski definition) is 5. The van der Waals surface area contributed by atoms with E-state index in [9.17, 15) is 0 Å². The molecule has 0 spiro atoms. The van der Waals surface area contributed by atoms with E-state index >= 15 is 0 Å². The molecule has 0 bridgehead atoms. The summed E-state index contributed by atoms with van der Waals surface area (Å²) >= 11 is 1.55. The van der Waals surface area contributed by atoms with Crippen molar-refractivity contribution in [3.8, 4) is 5.75 Å². The molecule has 0 amide bonds. The molecule has 4 nitrogen and oxygen atoms in total. The summed E-state index contributed by atoms with van der Waals surface area (Å²) < 4.78 is 5.85. The van der Waals surface area contributed by atoms with Crippen molar-refractivity contribution in [2.75, 3.05) is 5.73 Å². The van der Waals surface area contributed by atoms with Gasteiger partial charge >= 0.3 is 0 Å². The van der Waals surface area contributed by atoms with Crippen molar-refractivity contribution in [2.24, 2.45) is 0 Å². The van der Waals surface area contributed by atoms with Gasteiger partial charge in [-0.3, -0.25) is 0 Å². The Kier molecular flexibility index (Phi) is 4.68. The van der Waals surface area contributed by atoms with Gasteiger partial charge in [0, 0.05) is 18.5 Å². The number of nitrogens with one attached hydrogen (secondary N) is 1. The second-order valence-electron chi connectivity index (χ2n) is 6.33. The van der Waals surface area contributed by atoms with Crippen LogP contribution in [0.2, 0.25) is 0 Å². The Balaban J connectivity index is 1.26. The van der Waals surface area contributed by atoms with Crippen LogP contribution in [0, 0.1) is 0 Å². The molecule has 0 radical (unpaired) electrons. The van der Waals surface area contributed by atoms with E-state index < -0.39 is 0 Å². The zero-order valence-electron chi connectivity index (χ0n) is 13.9. The maximum absolute atomic E-state index is 5.85. The topological polar surface area (TPSA) is 60.2 Å². The van der Waals surface area contributed by atoms with Crippen molar-refractivity contribution in [1.29, 1.82) is 0 Å². The number of aromatic nitrogens is 1. The van der Waals surface area contributed by atoms with E-state index in [2.05, 4.69) is 46.7 Å². The first-order valence-electron chi connectivity index (χ1n) is 8.48. The van der Waals surface area contributed by atoms with Gasteiger partial charge in [-0.1, -0.05) is 42.5 Å². The van der Waals surface area contributed by atoms with E-state index in [1.54, 1.807) is 17.5 Å². The Labute approximate surface area is 151 Å². The van der Waals surface area contributed by atoms with E-state index in [4.69, 9.17) is 10.5 Å². The van der Waals surface area contributed by atoms with Crippen LogP contribution in [0.4, 0.5) is 5.00 Å². The number of anilines is 1. The minimum absolute atomic E-state index is 0.529. The lowest BCUT2D eigenvalue weighted by molar-refractivity contribution is 0.306. The highest BCUT2D eigenvalue weighted by Gasteiger charge is 2.37. The molecule has 5 heteroatoms. The summed E-state index contributed by atoms with van der Waals surface area (Å²) in [6.07, 6.45) is 2.89. The SMILES string of the molecule is Nc1cnc(CN[C@H]2C[C@@H]2c2ccc(OCc3ccccc3)cc2)s1. The zero-order chi connectivity index (χ0) is 17.1. The summed E-state index contributed by atoms with van der Waals surface area (Å²) in [6.45, 7) is 1.39. The highest BCUT2D eigenvalue weighted by atomic mass is 32.1. The quantitative estimate of drug-likeness (QED) is 0.677. The Morgan fingerprint density at radius 3 is 2.64 bits per heavy atom. The monoisotopic (exact) mass is 351 g/mol. The summed E-state index contributed by atoms with van der Waals surface area (Å²) in [6, 6.07) is 19.2. The maximum atomic E-state index is 5.85. The molecule has 3 N–H and O–H groups in total. The first-order chi connectivity index (χ1) is 12.3. The predicted octanol–water partition coefficient (Wildman–Crippen LogP) is 3.95. The van der Waals surface area contributed by atoms with E-state index in [0.717, 1.165) is 22.3 Å². The van der Waals surface area contributed by atoms with Gasteiger partial charge in [-0.05, 0) is 29.7 Å². The van der Waals surface area contributed by atoms with Gasteiger partial charge in [0.15, 0.2) is 0 Å². The van der Waals surface area contributed by atoms with E-state index in [-0.39, 0.29) is 0 Å². The first kappa shape index (κ1) is 16.1. The molecule has 1 heterocycles. The lowest BCUT2D eigenvalue weighted by Gasteiger charge is -2.07. The predicted molar refractivity (Wildman–Crippen MR) is 102 cm³/mol. The van der Waals surface area contributed by atoms with Gasteiger partial charge < -0.3 is 15.8 Å². The van der Waals surface area contributed by atoms with Gasteiger partial charge in [0.2, 0.25) is 0 Å². The maximum Gasteiger partial charge on any atom is 0.119 e. The Morgan fingerprint density at radius 1 is 1.12 bits per heavy atom. The van der Waals surface area contributed by atoms with E-state index in [0.29, 0.717) is 18.6 Å². The molecule has 3 aromatic rings. The van der Waals surface area contributed by atoms with Gasteiger partial charge in [-0.15, -0.1) is 11.3 Å². The van der Waals surface area contributed by atoms with Crippen molar-refractivity contribution in [3.05, 3.63) is 76.9 Å². The molecular weight excluding hydrogens is 330 g/mol. The molecule has 1 aliphatic rings. The fourth-order valence-electron chi connectivity index (χ4n) is 2.97. The fourth-order valence-corrected chi connectivity index (χ4v) is 3.60. The average Bonchev–Trinajstić information content (AvgIpc) is 3.32. The molecule has 2 aromatic carbocycles. The van der Waals surface area contributed by atoms with E-state index in [1.807, 2.05) is 18.2 Å². The van der Waals surface area contributed by atoms with Crippen LogP contribution in [0.3, 0.4) is 0 Å². The van der Waals surface area contributed by atoms with Crippen molar-refractivity contribution in [2.45, 2.75) is 31.5 Å². The number of benzene rings is 2. The molecule has 1 fully saturated rings. The molecule has 1 saturated carbocycles. The van der Waals surface area contributed by atoms with E-state index in [1.165, 1.54) is 17.5 Å². The Morgan fingerprint density at radius 2 is 1.92 bits per heavy atom. The largest absolute Gasteiger partial charge is 0.489 e. The van der Waals surface area contributed by atoms with Gasteiger partial charge in [0.1, 0.15) is 22.4 Å². The standard InChI is InChI=1S/C20H21N3OS/c21-19-11-23-20(25-19)12-22-18-10-17(18)15-6-8-16(9-7-15)24-13-14-4-2-1-3-5-14/h1-9,11,17-18,22H,10,12-13,21H2/t17-,18+/m1/s1. The molecular formula is C20H21N3OS. The van der Waals surface area contributed by atoms with Crippen LogP contribution in [0.15, 0.2) is 60.8 Å². The lowest BCUT2D eigenvalue weighted by atomic mass is 10.1. The second-order valence-corrected chi connectivity index (χ2v) is 7.48. The first-order valence-corrected chi connectivity index (χ1v) is 9.30. The summed E-state index contributed by atoms with van der Waals surface area (Å²) in [7, 11) is 0. The van der Waals surface area contributed by atoms with Crippen LogP contribution in [0.25, 0.3) is 0 Å². The highest BCUT2D eigenvalue weighted by Crippen LogP contribution is 2.41. The molecule has 128 valence electrons. The third kappa shape index (κ3) is 4.18. The Hall–Kier alpha value is -2.37. The molecule has 1 aliphatic carbocycles. The minimum Gasteiger partial charge on any atom is -0.489 e. The number of nitrogens with zero attached hydrogens (tertiary/aromatic N) is 1. The smallest absolute Gasteiger partial charge is 0.119 e. The molecule has 1 aromatic heterocycles. The number of ether oxygens (including phenoxy) is 1. The van der Waals surface area contributed by atoms with Crippen LogP contribution >= 0.6 is 11.3 Å². The van der Waals surface area contributed by atoms with Crippen LogP contribution in [-0.2, 0) is 13.2 Å². The van der Waals surface area contributed by atoms with Crippen molar-refractivity contribution in [1.82, 2.24) is 10.3 Å². The van der Waals surface area contributed by atoms with Crippen LogP contribution in [0.5, 0.6) is 5.75 Å². The Bertz CT molecular complexity index is 816. The van der Waals surface area contributed by atoms with Gasteiger partial charge in [-0.2, -0.15) is 0 Å². The normalized spacial score (nSPS) is 18.9. The number of rotatable bonds is 7. The molecule has 0 saturated heterocycles. The lowest BCUT2D eigenvalue weighted by Crippen LogP contribution is -2.17. The van der Waals surface area contributed by atoms with Crippen molar-refractivity contribution >= 4 is 16.3 Å². The van der Waals surface area contributed by atoms with Crippen LogP contribution < -0.4 is 15.8 Å². The van der Waals surface area contributed by atoms with Gasteiger partial charge in [-0.25, -0.2) is 4.98 Å². The molecule has 4 rings (SSSR count). The fraction of sp³-hybridized carbons (Fsp3) is 0.250. The van der Waals surface area contributed by atoms with Crippen molar-refractivity contribution < 1.29 is 4.74 Å². The zero-order valence-corrected chi connectivity index (χ0v) is 14.7. The second kappa shape index (κ2) is 7.25. The van der Waals surface area contributed by atoms with Crippen LogP contribution in [0.1, 0.15) is 28.5 Å². The third-order valence-corrected chi connectivity index (χ3v) is 5.26. The number of hydrogen-bond donors (Lipinski definition) is 2. The molecule has 0 unspecified atom stereocenters. The number of nitrogen functional groups attached to an aromatic ring is 1. The van der Waals surface area contributed by atoms with Gasteiger partial charge in [0.05, 0.1) is 6.20 Å². The summed E-state index contributed by atoms with van der Waals surface area (Å²) in [5.41, 5.74) is 8.26. The summed E-state index contributed by atoms with van der Waals surface area (Å²) in [5.74, 6) is 1.50. The molecule has 25 heavy (non-hydrogen) atoms. The molecule has 2 atom stereocenters. The number of thiazole rings is 1.